The molecule has 1 aliphatic carbocycles. The van der Waals surface area contributed by atoms with Crippen molar-refractivity contribution in [3.05, 3.63) is 41.8 Å². The fourth-order valence-corrected chi connectivity index (χ4v) is 3.60. The fraction of sp³-hybridized carbons (Fsp3) is 0.632. The Kier molecular flexibility index (Phi) is 5.08. The molecular weight excluding hydrogens is 314 g/mol. The number of pyridine rings is 1. The number of hydrogen-bond acceptors (Lipinski definition) is 6. The van der Waals surface area contributed by atoms with E-state index in [1.54, 1.807) is 0 Å². The van der Waals surface area contributed by atoms with Gasteiger partial charge in [-0.2, -0.15) is 4.98 Å². The largest absolute Gasteiger partial charge is 0.339 e. The quantitative estimate of drug-likeness (QED) is 0.771. The Balaban J connectivity index is 1.27. The Morgan fingerprint density at radius 1 is 1.24 bits per heavy atom. The first-order valence-corrected chi connectivity index (χ1v) is 9.42. The van der Waals surface area contributed by atoms with Gasteiger partial charge in [-0.15, -0.1) is 0 Å². The number of aromatic nitrogens is 3. The average Bonchev–Trinajstić information content (AvgIpc) is 3.40. The molecular formula is C19H27N5O. The van der Waals surface area contributed by atoms with Gasteiger partial charge in [0.1, 0.15) is 0 Å². The fourth-order valence-electron chi connectivity index (χ4n) is 3.60. The average molecular weight is 341 g/mol. The van der Waals surface area contributed by atoms with Gasteiger partial charge in [0.25, 0.3) is 0 Å². The summed E-state index contributed by atoms with van der Waals surface area (Å²) in [7, 11) is 2.24. The first kappa shape index (κ1) is 16.7. The van der Waals surface area contributed by atoms with Crippen LogP contribution in [0, 0.1) is 0 Å². The predicted octanol–water partition coefficient (Wildman–Crippen LogP) is 2.48. The van der Waals surface area contributed by atoms with Gasteiger partial charge in [0, 0.05) is 37.4 Å². The van der Waals surface area contributed by atoms with Gasteiger partial charge in [-0.05, 0) is 63.4 Å². The molecule has 2 fully saturated rings. The first-order chi connectivity index (χ1) is 12.3. The van der Waals surface area contributed by atoms with E-state index in [-0.39, 0.29) is 0 Å². The summed E-state index contributed by atoms with van der Waals surface area (Å²) in [6.07, 6.45) is 9.73. The zero-order chi connectivity index (χ0) is 17.1. The Morgan fingerprint density at radius 3 is 2.88 bits per heavy atom. The second kappa shape index (κ2) is 7.62. The van der Waals surface area contributed by atoms with E-state index in [0.29, 0.717) is 12.0 Å². The maximum absolute atomic E-state index is 5.39. The molecule has 1 atom stereocenters. The molecule has 2 aromatic rings. The minimum absolute atomic E-state index is 0.537. The van der Waals surface area contributed by atoms with Crippen molar-refractivity contribution in [2.45, 2.75) is 50.6 Å². The summed E-state index contributed by atoms with van der Waals surface area (Å²) >= 11 is 0. The van der Waals surface area contributed by atoms with E-state index in [0.717, 1.165) is 44.3 Å². The van der Waals surface area contributed by atoms with Crippen molar-refractivity contribution >= 4 is 0 Å². The Bertz CT molecular complexity index is 669. The maximum atomic E-state index is 5.39. The van der Waals surface area contributed by atoms with Crippen LogP contribution in [0.5, 0.6) is 0 Å². The SMILES string of the molecule is CN(CCc1ccncc1)[C@@H]1CCCN(Cc2noc(C3CC3)n2)C1. The Labute approximate surface area is 149 Å². The topological polar surface area (TPSA) is 58.3 Å². The van der Waals surface area contributed by atoms with E-state index in [1.807, 2.05) is 12.4 Å². The highest BCUT2D eigenvalue weighted by Crippen LogP contribution is 2.38. The molecule has 0 N–H and O–H groups in total. The predicted molar refractivity (Wildman–Crippen MR) is 95.1 cm³/mol. The molecule has 1 saturated carbocycles. The maximum Gasteiger partial charge on any atom is 0.229 e. The van der Waals surface area contributed by atoms with E-state index < -0.39 is 0 Å². The highest BCUT2D eigenvalue weighted by molar-refractivity contribution is 5.10. The molecule has 134 valence electrons. The lowest BCUT2D eigenvalue weighted by atomic mass is 10.0. The molecule has 4 rings (SSSR count). The highest BCUT2D eigenvalue weighted by atomic mass is 16.5. The van der Waals surface area contributed by atoms with Crippen molar-refractivity contribution in [2.75, 3.05) is 26.7 Å². The van der Waals surface area contributed by atoms with Crippen LogP contribution in [0.1, 0.15) is 48.9 Å². The molecule has 3 heterocycles. The van der Waals surface area contributed by atoms with Gasteiger partial charge in [-0.25, -0.2) is 0 Å². The van der Waals surface area contributed by atoms with Gasteiger partial charge in [0.2, 0.25) is 5.89 Å². The van der Waals surface area contributed by atoms with Crippen molar-refractivity contribution in [1.82, 2.24) is 24.9 Å². The molecule has 0 unspecified atom stereocenters. The lowest BCUT2D eigenvalue weighted by Gasteiger charge is -2.37. The molecule has 1 saturated heterocycles. The Morgan fingerprint density at radius 2 is 2.08 bits per heavy atom. The van der Waals surface area contributed by atoms with Gasteiger partial charge in [-0.1, -0.05) is 5.16 Å². The number of nitrogens with zero attached hydrogens (tertiary/aromatic N) is 5. The van der Waals surface area contributed by atoms with Crippen molar-refractivity contribution in [3.63, 3.8) is 0 Å². The number of rotatable bonds is 7. The van der Waals surface area contributed by atoms with Gasteiger partial charge in [0.05, 0.1) is 6.54 Å². The van der Waals surface area contributed by atoms with E-state index in [1.165, 1.54) is 31.2 Å². The summed E-state index contributed by atoms with van der Waals surface area (Å²) in [5, 5.41) is 4.17. The van der Waals surface area contributed by atoms with E-state index in [4.69, 9.17) is 4.52 Å². The summed E-state index contributed by atoms with van der Waals surface area (Å²) in [5.74, 6) is 2.23. The minimum Gasteiger partial charge on any atom is -0.339 e. The van der Waals surface area contributed by atoms with E-state index in [2.05, 4.69) is 44.1 Å². The van der Waals surface area contributed by atoms with E-state index in [9.17, 15) is 0 Å². The monoisotopic (exact) mass is 341 g/mol. The van der Waals surface area contributed by atoms with Crippen LogP contribution in [-0.4, -0.2) is 57.6 Å². The summed E-state index contributed by atoms with van der Waals surface area (Å²) in [6.45, 7) is 4.10. The van der Waals surface area contributed by atoms with Crippen LogP contribution < -0.4 is 0 Å². The zero-order valence-corrected chi connectivity index (χ0v) is 15.0. The minimum atomic E-state index is 0.537. The van der Waals surface area contributed by atoms with Crippen molar-refractivity contribution < 1.29 is 4.52 Å². The number of likely N-dealkylation sites (N-methyl/N-ethyl adjacent to an activating group) is 1. The van der Waals surface area contributed by atoms with Gasteiger partial charge in [-0.3, -0.25) is 9.88 Å². The van der Waals surface area contributed by atoms with Crippen LogP contribution in [0.25, 0.3) is 0 Å². The number of likely N-dealkylation sites (tertiary alicyclic amines) is 1. The van der Waals surface area contributed by atoms with Crippen LogP contribution in [0.15, 0.2) is 29.0 Å². The lowest BCUT2D eigenvalue weighted by Crippen LogP contribution is -2.46. The van der Waals surface area contributed by atoms with Gasteiger partial charge < -0.3 is 9.42 Å². The summed E-state index contributed by atoms with van der Waals surface area (Å²) in [4.78, 5) is 13.6. The second-order valence-electron chi connectivity index (χ2n) is 7.44. The van der Waals surface area contributed by atoms with Crippen LogP contribution in [0.4, 0.5) is 0 Å². The molecule has 0 spiro atoms. The Hall–Kier alpha value is -1.79. The molecule has 0 radical (unpaired) electrons. The molecule has 0 aromatic carbocycles. The summed E-state index contributed by atoms with van der Waals surface area (Å²) in [5.41, 5.74) is 1.36. The van der Waals surface area contributed by atoms with Crippen LogP contribution in [0.3, 0.4) is 0 Å². The van der Waals surface area contributed by atoms with Gasteiger partial charge >= 0.3 is 0 Å². The third-order valence-corrected chi connectivity index (χ3v) is 5.38. The normalized spacial score (nSPS) is 21.8. The van der Waals surface area contributed by atoms with Crippen LogP contribution in [0.2, 0.25) is 0 Å². The molecule has 25 heavy (non-hydrogen) atoms. The zero-order valence-electron chi connectivity index (χ0n) is 15.0. The van der Waals surface area contributed by atoms with Crippen LogP contribution in [-0.2, 0) is 13.0 Å². The standard InChI is InChI=1S/C19H27N5O/c1-23(12-8-15-6-9-20-10-7-15)17-3-2-11-24(13-17)14-18-21-19(25-22-18)16-4-5-16/h6-7,9-10,16-17H,2-5,8,11-14H2,1H3/t17-/m1/s1. The lowest BCUT2D eigenvalue weighted by molar-refractivity contribution is 0.110. The molecule has 0 bridgehead atoms. The molecule has 1 aliphatic heterocycles. The number of piperidine rings is 1. The molecule has 2 aromatic heterocycles. The smallest absolute Gasteiger partial charge is 0.229 e. The summed E-state index contributed by atoms with van der Waals surface area (Å²) in [6, 6.07) is 4.81. The first-order valence-electron chi connectivity index (χ1n) is 9.42. The summed E-state index contributed by atoms with van der Waals surface area (Å²) < 4.78 is 5.39. The molecule has 6 heteroatoms. The molecule has 6 nitrogen and oxygen atoms in total. The van der Waals surface area contributed by atoms with Crippen molar-refractivity contribution in [2.24, 2.45) is 0 Å². The molecule has 0 amide bonds. The van der Waals surface area contributed by atoms with Crippen LogP contribution >= 0.6 is 0 Å². The van der Waals surface area contributed by atoms with Crippen molar-refractivity contribution in [3.8, 4) is 0 Å². The number of hydrogen-bond donors (Lipinski definition) is 0. The van der Waals surface area contributed by atoms with E-state index >= 15 is 0 Å². The van der Waals surface area contributed by atoms with Gasteiger partial charge in [0.15, 0.2) is 5.82 Å². The third-order valence-electron chi connectivity index (χ3n) is 5.38. The molecule has 2 aliphatic rings. The third kappa shape index (κ3) is 4.44. The highest BCUT2D eigenvalue weighted by Gasteiger charge is 2.30. The second-order valence-corrected chi connectivity index (χ2v) is 7.44. The van der Waals surface area contributed by atoms with Crippen molar-refractivity contribution in [1.29, 1.82) is 0 Å².